The summed E-state index contributed by atoms with van der Waals surface area (Å²) >= 11 is 1.39. The zero-order valence-electron chi connectivity index (χ0n) is 11.9. The number of hydrogen-bond donors (Lipinski definition) is 0. The van der Waals surface area contributed by atoms with Gasteiger partial charge in [0.1, 0.15) is 11.4 Å². The minimum absolute atomic E-state index is 0.0236. The summed E-state index contributed by atoms with van der Waals surface area (Å²) in [5.41, 5.74) is 0.758. The summed E-state index contributed by atoms with van der Waals surface area (Å²) < 4.78 is 1.69. The molecule has 0 saturated heterocycles. The summed E-state index contributed by atoms with van der Waals surface area (Å²) in [7, 11) is 1.82. The Bertz CT molecular complexity index is 656. The highest BCUT2D eigenvalue weighted by Crippen LogP contribution is 2.23. The van der Waals surface area contributed by atoms with Crippen LogP contribution in [0.5, 0.6) is 0 Å². The number of nitrogens with zero attached hydrogens (tertiary/aromatic N) is 5. The van der Waals surface area contributed by atoms with Crippen molar-refractivity contribution in [3.63, 3.8) is 0 Å². The first-order chi connectivity index (χ1) is 10.2. The Morgan fingerprint density at radius 2 is 2.10 bits per heavy atom. The number of aromatic nitrogens is 4. The molecule has 7 heteroatoms. The van der Waals surface area contributed by atoms with Crippen LogP contribution in [0.3, 0.4) is 0 Å². The average molecular weight is 303 g/mol. The van der Waals surface area contributed by atoms with Gasteiger partial charge in [0.05, 0.1) is 17.3 Å². The molecule has 0 bridgehead atoms. The quantitative estimate of drug-likeness (QED) is 0.442. The van der Waals surface area contributed by atoms with Crippen molar-refractivity contribution >= 4 is 28.7 Å². The summed E-state index contributed by atoms with van der Waals surface area (Å²) in [4.78, 5) is 22.3. The van der Waals surface area contributed by atoms with Crippen molar-refractivity contribution in [1.29, 1.82) is 0 Å². The lowest BCUT2D eigenvalue weighted by atomic mass is 10.4. The number of aryl methyl sites for hydroxylation is 1. The van der Waals surface area contributed by atoms with E-state index in [1.165, 1.54) is 18.1 Å². The lowest BCUT2D eigenvalue weighted by Crippen LogP contribution is -2.32. The largest absolute Gasteiger partial charge is 0.335 e. The Labute approximate surface area is 127 Å². The third kappa shape index (κ3) is 3.49. The zero-order chi connectivity index (χ0) is 15.2. The second-order valence-electron chi connectivity index (χ2n) is 4.35. The minimum atomic E-state index is 0.0236. The topological polar surface area (TPSA) is 63.9 Å². The smallest absolute Gasteiger partial charge is 0.233 e. The third-order valence-corrected chi connectivity index (χ3v) is 3.87. The van der Waals surface area contributed by atoms with E-state index in [0.29, 0.717) is 18.8 Å². The van der Waals surface area contributed by atoms with Gasteiger partial charge in [-0.3, -0.25) is 9.48 Å². The fourth-order valence-corrected chi connectivity index (χ4v) is 2.73. The minimum Gasteiger partial charge on any atom is -0.335 e. The molecule has 2 aromatic heterocycles. The number of carbonyl (C=O) groups is 1. The van der Waals surface area contributed by atoms with E-state index in [4.69, 9.17) is 0 Å². The van der Waals surface area contributed by atoms with Gasteiger partial charge in [0, 0.05) is 20.1 Å². The van der Waals surface area contributed by atoms with Crippen LogP contribution in [0.25, 0.3) is 11.0 Å². The van der Waals surface area contributed by atoms with Gasteiger partial charge in [-0.25, -0.2) is 9.97 Å². The van der Waals surface area contributed by atoms with E-state index in [2.05, 4.69) is 28.2 Å². The fraction of sp³-hybridized carbons (Fsp3) is 0.286. The molecule has 0 atom stereocenters. The molecule has 0 spiro atoms. The van der Waals surface area contributed by atoms with E-state index < -0.39 is 0 Å². The van der Waals surface area contributed by atoms with Crippen molar-refractivity contribution < 1.29 is 4.79 Å². The van der Waals surface area contributed by atoms with Crippen LogP contribution in [-0.4, -0.2) is 49.4 Å². The molecule has 0 aromatic carbocycles. The molecule has 1 amide bonds. The van der Waals surface area contributed by atoms with Crippen LogP contribution >= 0.6 is 11.8 Å². The van der Waals surface area contributed by atoms with E-state index in [1.807, 2.05) is 7.05 Å². The lowest BCUT2D eigenvalue weighted by Gasteiger charge is -2.18. The van der Waals surface area contributed by atoms with Crippen LogP contribution in [0.15, 0.2) is 42.9 Å². The summed E-state index contributed by atoms with van der Waals surface area (Å²) in [6.45, 7) is 8.34. The molecule has 0 aliphatic heterocycles. The standard InChI is InChI=1S/C14H17N5OS/c1-4-6-19(7-5-2)12(20)9-21-14-11-8-17-18(3)13(11)15-10-16-14/h4-5,8,10H,1-2,6-7,9H2,3H3. The SMILES string of the molecule is C=CCN(CC=C)C(=O)CSc1ncnc2c1cnn2C. The van der Waals surface area contributed by atoms with E-state index in [9.17, 15) is 4.79 Å². The van der Waals surface area contributed by atoms with Crippen LogP contribution in [0.2, 0.25) is 0 Å². The van der Waals surface area contributed by atoms with Gasteiger partial charge in [-0.05, 0) is 0 Å². The zero-order valence-corrected chi connectivity index (χ0v) is 12.7. The molecule has 2 heterocycles. The summed E-state index contributed by atoms with van der Waals surface area (Å²) in [6, 6.07) is 0. The van der Waals surface area contributed by atoms with Crippen molar-refractivity contribution in [2.75, 3.05) is 18.8 Å². The Morgan fingerprint density at radius 1 is 1.38 bits per heavy atom. The third-order valence-electron chi connectivity index (χ3n) is 2.88. The van der Waals surface area contributed by atoms with Crippen molar-refractivity contribution in [2.45, 2.75) is 5.03 Å². The first-order valence-corrected chi connectivity index (χ1v) is 7.41. The average Bonchev–Trinajstić information content (AvgIpc) is 2.87. The van der Waals surface area contributed by atoms with Crippen molar-refractivity contribution in [2.24, 2.45) is 7.05 Å². The first-order valence-electron chi connectivity index (χ1n) is 6.42. The van der Waals surface area contributed by atoms with E-state index in [1.54, 1.807) is 27.9 Å². The van der Waals surface area contributed by atoms with Gasteiger partial charge in [-0.2, -0.15) is 5.10 Å². The van der Waals surface area contributed by atoms with Crippen LogP contribution < -0.4 is 0 Å². The number of fused-ring (bicyclic) bond motifs is 1. The molecule has 6 nitrogen and oxygen atoms in total. The van der Waals surface area contributed by atoms with Gasteiger partial charge in [0.25, 0.3) is 0 Å². The molecule has 2 aromatic rings. The molecule has 0 saturated carbocycles. The highest BCUT2D eigenvalue weighted by Gasteiger charge is 2.14. The fourth-order valence-electron chi connectivity index (χ4n) is 1.87. The Morgan fingerprint density at radius 3 is 2.76 bits per heavy atom. The second-order valence-corrected chi connectivity index (χ2v) is 5.31. The molecule has 21 heavy (non-hydrogen) atoms. The molecule has 0 N–H and O–H groups in total. The summed E-state index contributed by atoms with van der Waals surface area (Å²) in [5, 5.41) is 5.78. The number of rotatable bonds is 7. The Hall–Kier alpha value is -2.15. The molecule has 0 fully saturated rings. The highest BCUT2D eigenvalue weighted by atomic mass is 32.2. The van der Waals surface area contributed by atoms with Gasteiger partial charge in [0.15, 0.2) is 5.65 Å². The number of hydrogen-bond acceptors (Lipinski definition) is 5. The van der Waals surface area contributed by atoms with Crippen molar-refractivity contribution in [1.82, 2.24) is 24.6 Å². The van der Waals surface area contributed by atoms with Gasteiger partial charge in [0.2, 0.25) is 5.91 Å². The van der Waals surface area contributed by atoms with Gasteiger partial charge in [-0.1, -0.05) is 23.9 Å². The van der Waals surface area contributed by atoms with Crippen molar-refractivity contribution in [3.8, 4) is 0 Å². The molecule has 0 aliphatic carbocycles. The lowest BCUT2D eigenvalue weighted by molar-refractivity contribution is -0.127. The number of thioether (sulfide) groups is 1. The van der Waals surface area contributed by atoms with Gasteiger partial charge in [-0.15, -0.1) is 13.2 Å². The monoisotopic (exact) mass is 303 g/mol. The molecular weight excluding hydrogens is 286 g/mol. The van der Waals surface area contributed by atoms with Crippen LogP contribution in [-0.2, 0) is 11.8 Å². The summed E-state index contributed by atoms with van der Waals surface area (Å²) in [6.07, 6.45) is 6.61. The molecule has 0 unspecified atom stereocenters. The second kappa shape index (κ2) is 7.03. The van der Waals surface area contributed by atoms with Crippen LogP contribution in [0, 0.1) is 0 Å². The molecule has 2 rings (SSSR count). The molecule has 0 radical (unpaired) electrons. The predicted octanol–water partition coefficient (Wildman–Crippen LogP) is 1.66. The predicted molar refractivity (Wildman–Crippen MR) is 84.0 cm³/mol. The Balaban J connectivity index is 2.08. The highest BCUT2D eigenvalue weighted by molar-refractivity contribution is 8.00. The Kier molecular flexibility index (Phi) is 5.10. The van der Waals surface area contributed by atoms with Crippen LogP contribution in [0.1, 0.15) is 0 Å². The number of amides is 1. The molecular formula is C14H17N5OS. The maximum absolute atomic E-state index is 12.2. The summed E-state index contributed by atoms with van der Waals surface area (Å²) in [5.74, 6) is 0.332. The van der Waals surface area contributed by atoms with E-state index >= 15 is 0 Å². The molecule has 110 valence electrons. The van der Waals surface area contributed by atoms with Crippen molar-refractivity contribution in [3.05, 3.63) is 37.8 Å². The van der Waals surface area contributed by atoms with Crippen LogP contribution in [0.4, 0.5) is 0 Å². The van der Waals surface area contributed by atoms with E-state index in [-0.39, 0.29) is 5.91 Å². The van der Waals surface area contributed by atoms with Gasteiger partial charge >= 0.3 is 0 Å². The van der Waals surface area contributed by atoms with Gasteiger partial charge < -0.3 is 4.90 Å². The number of carbonyl (C=O) groups excluding carboxylic acids is 1. The molecule has 0 aliphatic rings. The normalized spacial score (nSPS) is 10.5. The maximum Gasteiger partial charge on any atom is 0.233 e. The first kappa shape index (κ1) is 15.2. The van der Waals surface area contributed by atoms with E-state index in [0.717, 1.165) is 16.1 Å². The maximum atomic E-state index is 12.2.